The monoisotopic (exact) mass is 315 g/mol. The Morgan fingerprint density at radius 1 is 1.28 bits per heavy atom. The number of nitrogens with one attached hydrogen (secondary N) is 1. The van der Waals surface area contributed by atoms with Crippen LogP contribution in [0.2, 0.25) is 0 Å². The topological polar surface area (TPSA) is 12.0 Å². The fourth-order valence-corrected chi connectivity index (χ4v) is 2.45. The normalized spacial score (nSPS) is 11.8. The summed E-state index contributed by atoms with van der Waals surface area (Å²) in [6.45, 7) is 8.82. The highest BCUT2D eigenvalue weighted by atomic mass is 79.9. The van der Waals surface area contributed by atoms with Crippen LogP contribution in [0.3, 0.4) is 0 Å². The van der Waals surface area contributed by atoms with Crippen molar-refractivity contribution in [3.05, 3.63) is 34.1 Å². The van der Waals surface area contributed by atoms with Crippen LogP contribution >= 0.6 is 15.9 Å². The van der Waals surface area contributed by atoms with E-state index < -0.39 is 0 Å². The molecule has 0 heterocycles. The Morgan fingerprint density at radius 3 is 2.61 bits per heavy atom. The van der Waals surface area contributed by atoms with Crippen molar-refractivity contribution in [3.63, 3.8) is 0 Å². The van der Waals surface area contributed by atoms with Gasteiger partial charge in [-0.15, -0.1) is 0 Å². The smallest absolute Gasteiger partial charge is 0.137 e. The molecule has 1 nitrogen and oxygen atoms in total. The molecule has 1 aromatic rings. The van der Waals surface area contributed by atoms with E-state index in [2.05, 4.69) is 42.0 Å². The lowest BCUT2D eigenvalue weighted by Gasteiger charge is -2.25. The summed E-state index contributed by atoms with van der Waals surface area (Å²) in [5, 5.41) is 3.43. The van der Waals surface area contributed by atoms with Crippen molar-refractivity contribution in [1.82, 2.24) is 5.32 Å². The van der Waals surface area contributed by atoms with Gasteiger partial charge in [-0.25, -0.2) is 4.39 Å². The molecule has 102 valence electrons. The van der Waals surface area contributed by atoms with Gasteiger partial charge >= 0.3 is 0 Å². The summed E-state index contributed by atoms with van der Waals surface area (Å²) in [7, 11) is 0. The number of benzene rings is 1. The molecule has 0 saturated heterocycles. The molecule has 0 unspecified atom stereocenters. The van der Waals surface area contributed by atoms with Crippen LogP contribution in [0, 0.1) is 11.2 Å². The molecule has 0 aliphatic rings. The van der Waals surface area contributed by atoms with Gasteiger partial charge in [0.1, 0.15) is 5.82 Å². The maximum atomic E-state index is 13.2. The zero-order valence-electron chi connectivity index (χ0n) is 11.5. The zero-order valence-corrected chi connectivity index (χ0v) is 13.1. The second-order valence-electron chi connectivity index (χ2n) is 5.59. The maximum absolute atomic E-state index is 13.2. The number of hydrogen-bond donors (Lipinski definition) is 1. The van der Waals surface area contributed by atoms with Crippen molar-refractivity contribution in [2.24, 2.45) is 5.41 Å². The van der Waals surface area contributed by atoms with E-state index in [9.17, 15) is 4.39 Å². The Kier molecular flexibility index (Phi) is 6.30. The Labute approximate surface area is 118 Å². The highest BCUT2D eigenvalue weighted by Crippen LogP contribution is 2.27. The first-order valence-electron chi connectivity index (χ1n) is 6.59. The maximum Gasteiger partial charge on any atom is 0.137 e. The first-order valence-corrected chi connectivity index (χ1v) is 7.38. The van der Waals surface area contributed by atoms with E-state index in [-0.39, 0.29) is 11.2 Å². The Balaban J connectivity index is 2.50. The lowest BCUT2D eigenvalue weighted by molar-refractivity contribution is 0.325. The molecule has 18 heavy (non-hydrogen) atoms. The quantitative estimate of drug-likeness (QED) is 0.728. The Hall–Kier alpha value is -0.410. The SMILES string of the molecule is CCCNCCC(C)(C)Cc1ccc(F)c(Br)c1. The minimum atomic E-state index is -0.193. The van der Waals surface area contributed by atoms with Gasteiger partial charge in [-0.1, -0.05) is 26.8 Å². The molecule has 3 heteroatoms. The zero-order chi connectivity index (χ0) is 13.6. The molecule has 0 aliphatic carbocycles. The first kappa shape index (κ1) is 15.6. The largest absolute Gasteiger partial charge is 0.317 e. The van der Waals surface area contributed by atoms with Crippen LogP contribution in [0.4, 0.5) is 4.39 Å². The summed E-state index contributed by atoms with van der Waals surface area (Å²) < 4.78 is 13.7. The van der Waals surface area contributed by atoms with E-state index in [1.165, 1.54) is 18.1 Å². The molecule has 0 radical (unpaired) electrons. The van der Waals surface area contributed by atoms with Gasteiger partial charge in [0.05, 0.1) is 4.47 Å². The summed E-state index contributed by atoms with van der Waals surface area (Å²) in [4.78, 5) is 0. The molecule has 0 amide bonds. The Bertz CT molecular complexity index is 377. The van der Waals surface area contributed by atoms with Gasteiger partial charge in [0, 0.05) is 0 Å². The van der Waals surface area contributed by atoms with Crippen molar-refractivity contribution in [2.75, 3.05) is 13.1 Å². The van der Waals surface area contributed by atoms with Crippen molar-refractivity contribution < 1.29 is 4.39 Å². The molecular weight excluding hydrogens is 293 g/mol. The second kappa shape index (κ2) is 7.25. The van der Waals surface area contributed by atoms with E-state index >= 15 is 0 Å². The summed E-state index contributed by atoms with van der Waals surface area (Å²) in [6, 6.07) is 5.29. The van der Waals surface area contributed by atoms with E-state index in [4.69, 9.17) is 0 Å². The molecular formula is C15H23BrFN. The van der Waals surface area contributed by atoms with Crippen LogP contribution in [0.25, 0.3) is 0 Å². The molecule has 0 atom stereocenters. The summed E-state index contributed by atoms with van der Waals surface area (Å²) in [5.41, 5.74) is 1.42. The van der Waals surface area contributed by atoms with Gasteiger partial charge in [-0.2, -0.15) is 0 Å². The predicted molar refractivity (Wildman–Crippen MR) is 79.4 cm³/mol. The fraction of sp³-hybridized carbons (Fsp3) is 0.600. The van der Waals surface area contributed by atoms with E-state index in [1.54, 1.807) is 0 Å². The van der Waals surface area contributed by atoms with Crippen LogP contribution in [-0.4, -0.2) is 13.1 Å². The lowest BCUT2D eigenvalue weighted by atomic mass is 9.82. The van der Waals surface area contributed by atoms with Crippen molar-refractivity contribution in [3.8, 4) is 0 Å². The van der Waals surface area contributed by atoms with Gasteiger partial charge in [-0.05, 0) is 71.4 Å². The van der Waals surface area contributed by atoms with E-state index in [0.717, 1.165) is 25.9 Å². The van der Waals surface area contributed by atoms with Crippen LogP contribution in [0.1, 0.15) is 39.2 Å². The minimum absolute atomic E-state index is 0.193. The first-order chi connectivity index (χ1) is 8.44. The van der Waals surface area contributed by atoms with Crippen LogP contribution in [0.15, 0.2) is 22.7 Å². The third kappa shape index (κ3) is 5.49. The number of halogens is 2. The Morgan fingerprint density at radius 2 is 2.00 bits per heavy atom. The van der Waals surface area contributed by atoms with Crippen molar-refractivity contribution >= 4 is 15.9 Å². The highest BCUT2D eigenvalue weighted by molar-refractivity contribution is 9.10. The fourth-order valence-electron chi connectivity index (χ4n) is 2.02. The van der Waals surface area contributed by atoms with E-state index in [0.29, 0.717) is 4.47 Å². The minimum Gasteiger partial charge on any atom is -0.317 e. The van der Waals surface area contributed by atoms with Gasteiger partial charge in [0.2, 0.25) is 0 Å². The van der Waals surface area contributed by atoms with Gasteiger partial charge in [-0.3, -0.25) is 0 Å². The van der Waals surface area contributed by atoms with Gasteiger partial charge < -0.3 is 5.32 Å². The third-order valence-electron chi connectivity index (χ3n) is 3.07. The van der Waals surface area contributed by atoms with Crippen molar-refractivity contribution in [1.29, 1.82) is 0 Å². The number of hydrogen-bond acceptors (Lipinski definition) is 1. The van der Waals surface area contributed by atoms with Crippen LogP contribution < -0.4 is 5.32 Å². The van der Waals surface area contributed by atoms with Crippen LogP contribution in [0.5, 0.6) is 0 Å². The predicted octanol–water partition coefficient (Wildman–Crippen LogP) is 4.55. The molecule has 1 aromatic carbocycles. The molecule has 1 N–H and O–H groups in total. The van der Waals surface area contributed by atoms with Crippen LogP contribution in [-0.2, 0) is 6.42 Å². The molecule has 0 aliphatic heterocycles. The highest BCUT2D eigenvalue weighted by Gasteiger charge is 2.18. The molecule has 0 aromatic heterocycles. The third-order valence-corrected chi connectivity index (χ3v) is 3.68. The van der Waals surface area contributed by atoms with Gasteiger partial charge in [0.15, 0.2) is 0 Å². The molecule has 0 bridgehead atoms. The summed E-state index contributed by atoms with van der Waals surface area (Å²) in [6.07, 6.45) is 3.27. The molecule has 0 fully saturated rings. The molecule has 0 spiro atoms. The van der Waals surface area contributed by atoms with E-state index in [1.807, 2.05) is 12.1 Å². The van der Waals surface area contributed by atoms with Gasteiger partial charge in [0.25, 0.3) is 0 Å². The molecule has 1 rings (SSSR count). The lowest BCUT2D eigenvalue weighted by Crippen LogP contribution is -2.24. The standard InChI is InChI=1S/C15H23BrFN/c1-4-8-18-9-7-15(2,3)11-12-5-6-14(17)13(16)10-12/h5-6,10,18H,4,7-9,11H2,1-3H3. The summed E-state index contributed by atoms with van der Waals surface area (Å²) in [5.74, 6) is -0.193. The molecule has 0 saturated carbocycles. The number of rotatable bonds is 7. The van der Waals surface area contributed by atoms with Crippen molar-refractivity contribution in [2.45, 2.75) is 40.0 Å². The average Bonchev–Trinajstić information content (AvgIpc) is 2.29. The summed E-state index contributed by atoms with van der Waals surface area (Å²) >= 11 is 3.24. The average molecular weight is 316 g/mol. The second-order valence-corrected chi connectivity index (χ2v) is 6.44.